The van der Waals surface area contributed by atoms with Gasteiger partial charge in [-0.25, -0.2) is 0 Å². The molecule has 0 unspecified atom stereocenters. The minimum Gasteiger partial charge on any atom is -0.367 e. The van der Waals surface area contributed by atoms with Gasteiger partial charge in [0.25, 0.3) is 0 Å². The molecule has 1 N–H and O–H groups in total. The molecule has 0 aliphatic carbocycles. The fraction of sp³-hybridized carbons (Fsp3) is 0.389. The minimum atomic E-state index is 0.0267. The number of carbonyl (C=O) groups excluding carboxylic acids is 1. The number of thiophene rings is 1. The van der Waals surface area contributed by atoms with E-state index in [1.807, 2.05) is 23.6 Å². The zero-order valence-corrected chi connectivity index (χ0v) is 15.4. The first-order chi connectivity index (χ1) is 11.6. The molecule has 0 saturated carbocycles. The first-order valence-corrected chi connectivity index (χ1v) is 9.48. The van der Waals surface area contributed by atoms with Crippen molar-refractivity contribution >= 4 is 40.2 Å². The van der Waals surface area contributed by atoms with Crippen LogP contribution < -0.4 is 10.2 Å². The molecule has 1 aliphatic rings. The zero-order valence-electron chi connectivity index (χ0n) is 13.8. The number of anilines is 2. The van der Waals surface area contributed by atoms with Gasteiger partial charge < -0.3 is 15.1 Å². The molecule has 0 radical (unpaired) electrons. The predicted molar refractivity (Wildman–Crippen MR) is 102 cm³/mol. The van der Waals surface area contributed by atoms with E-state index in [2.05, 4.69) is 33.6 Å². The molecule has 6 heteroatoms. The Hall–Kier alpha value is -1.56. The Balaban J connectivity index is 1.67. The van der Waals surface area contributed by atoms with Crippen molar-refractivity contribution in [2.24, 2.45) is 0 Å². The molecule has 0 atom stereocenters. The van der Waals surface area contributed by atoms with Gasteiger partial charge in [-0.15, -0.1) is 0 Å². The van der Waals surface area contributed by atoms with Gasteiger partial charge in [0, 0.05) is 37.6 Å². The highest BCUT2D eigenvalue weighted by Crippen LogP contribution is 2.30. The molecule has 24 heavy (non-hydrogen) atoms. The van der Waals surface area contributed by atoms with Crippen LogP contribution in [-0.4, -0.2) is 44.0 Å². The van der Waals surface area contributed by atoms with Crippen LogP contribution in [0.25, 0.3) is 0 Å². The molecular weight excluding hydrogens is 342 g/mol. The van der Waals surface area contributed by atoms with Gasteiger partial charge in [0.05, 0.1) is 11.4 Å². The molecule has 128 valence electrons. The first kappa shape index (κ1) is 17.3. The van der Waals surface area contributed by atoms with E-state index in [1.165, 1.54) is 5.56 Å². The van der Waals surface area contributed by atoms with E-state index in [0.717, 1.165) is 44.0 Å². The quantitative estimate of drug-likeness (QED) is 0.879. The molecule has 1 aromatic carbocycles. The Morgan fingerprint density at radius 2 is 2.04 bits per heavy atom. The van der Waals surface area contributed by atoms with Gasteiger partial charge >= 0.3 is 0 Å². The number of hydrogen-bond donors (Lipinski definition) is 1. The van der Waals surface area contributed by atoms with E-state index < -0.39 is 0 Å². The average molecular weight is 364 g/mol. The van der Waals surface area contributed by atoms with Crippen molar-refractivity contribution in [3.63, 3.8) is 0 Å². The van der Waals surface area contributed by atoms with E-state index in [0.29, 0.717) is 11.4 Å². The molecule has 3 rings (SSSR count). The first-order valence-electron chi connectivity index (χ1n) is 8.16. The smallest absolute Gasteiger partial charge is 0.224 e. The van der Waals surface area contributed by atoms with Crippen LogP contribution in [0, 0.1) is 0 Å². The highest BCUT2D eigenvalue weighted by Gasteiger charge is 2.18. The van der Waals surface area contributed by atoms with Crippen LogP contribution in [0.3, 0.4) is 0 Å². The topological polar surface area (TPSA) is 35.6 Å². The van der Waals surface area contributed by atoms with Crippen LogP contribution in [0.5, 0.6) is 0 Å². The maximum absolute atomic E-state index is 12.3. The predicted octanol–water partition coefficient (Wildman–Crippen LogP) is 3.72. The van der Waals surface area contributed by atoms with Gasteiger partial charge in [-0.2, -0.15) is 11.3 Å². The summed E-state index contributed by atoms with van der Waals surface area (Å²) < 4.78 is 0. The summed E-state index contributed by atoms with van der Waals surface area (Å²) in [6.07, 6.45) is 1.24. The Morgan fingerprint density at radius 1 is 1.25 bits per heavy atom. The number of aryl methyl sites for hydroxylation is 1. The van der Waals surface area contributed by atoms with Crippen LogP contribution in [0.4, 0.5) is 11.4 Å². The molecule has 2 heterocycles. The molecule has 4 nitrogen and oxygen atoms in total. The monoisotopic (exact) mass is 363 g/mol. The summed E-state index contributed by atoms with van der Waals surface area (Å²) in [6.45, 7) is 3.95. The molecule has 1 aromatic heterocycles. The number of likely N-dealkylation sites (N-methyl/N-ethyl adjacent to an activating group) is 1. The molecule has 2 aromatic rings. The van der Waals surface area contributed by atoms with Crippen LogP contribution in [-0.2, 0) is 11.2 Å². The number of amides is 1. The lowest BCUT2D eigenvalue weighted by Crippen LogP contribution is -2.44. The number of halogens is 1. The molecule has 0 bridgehead atoms. The third kappa shape index (κ3) is 4.50. The van der Waals surface area contributed by atoms with E-state index >= 15 is 0 Å². The summed E-state index contributed by atoms with van der Waals surface area (Å²) >= 11 is 7.80. The van der Waals surface area contributed by atoms with E-state index in [9.17, 15) is 4.79 Å². The Kier molecular flexibility index (Phi) is 5.76. The lowest BCUT2D eigenvalue weighted by Gasteiger charge is -2.35. The van der Waals surface area contributed by atoms with Crippen molar-refractivity contribution in [2.45, 2.75) is 12.8 Å². The number of benzene rings is 1. The highest BCUT2D eigenvalue weighted by molar-refractivity contribution is 7.07. The lowest BCUT2D eigenvalue weighted by atomic mass is 10.1. The van der Waals surface area contributed by atoms with Crippen LogP contribution >= 0.6 is 22.9 Å². The van der Waals surface area contributed by atoms with Crippen molar-refractivity contribution < 1.29 is 4.79 Å². The van der Waals surface area contributed by atoms with Crippen molar-refractivity contribution in [1.29, 1.82) is 0 Å². The Morgan fingerprint density at radius 3 is 2.75 bits per heavy atom. The van der Waals surface area contributed by atoms with Crippen LogP contribution in [0.1, 0.15) is 12.0 Å². The second-order valence-electron chi connectivity index (χ2n) is 6.13. The van der Waals surface area contributed by atoms with Gasteiger partial charge in [0.1, 0.15) is 0 Å². The average Bonchev–Trinajstić information content (AvgIpc) is 3.08. The van der Waals surface area contributed by atoms with Gasteiger partial charge in [-0.3, -0.25) is 4.79 Å². The SMILES string of the molecule is CN1CCN(c2ccc(Cl)cc2NC(=O)CCc2ccsc2)CC1. The van der Waals surface area contributed by atoms with Gasteiger partial charge in [-0.1, -0.05) is 11.6 Å². The summed E-state index contributed by atoms with van der Waals surface area (Å²) in [6, 6.07) is 7.79. The number of nitrogens with one attached hydrogen (secondary N) is 1. The number of piperazine rings is 1. The zero-order chi connectivity index (χ0) is 16.9. The number of nitrogens with zero attached hydrogens (tertiary/aromatic N) is 2. The Labute approximate surface area is 152 Å². The Bertz CT molecular complexity index is 682. The van der Waals surface area contributed by atoms with Crippen molar-refractivity contribution in [2.75, 3.05) is 43.4 Å². The largest absolute Gasteiger partial charge is 0.367 e. The van der Waals surface area contributed by atoms with Gasteiger partial charge in [0.15, 0.2) is 0 Å². The maximum Gasteiger partial charge on any atom is 0.224 e. The molecular formula is C18H22ClN3OS. The third-order valence-electron chi connectivity index (χ3n) is 4.30. The van der Waals surface area contributed by atoms with E-state index in [1.54, 1.807) is 11.3 Å². The molecule has 1 amide bonds. The summed E-state index contributed by atoms with van der Waals surface area (Å²) in [4.78, 5) is 16.9. The number of rotatable bonds is 5. The second kappa shape index (κ2) is 8.01. The van der Waals surface area contributed by atoms with Gasteiger partial charge in [-0.05, 0) is 54.1 Å². The van der Waals surface area contributed by atoms with E-state index in [-0.39, 0.29) is 5.91 Å². The maximum atomic E-state index is 12.3. The van der Waals surface area contributed by atoms with Crippen molar-refractivity contribution in [3.05, 3.63) is 45.6 Å². The number of hydrogen-bond acceptors (Lipinski definition) is 4. The van der Waals surface area contributed by atoms with Crippen LogP contribution in [0.2, 0.25) is 5.02 Å². The molecule has 1 aliphatic heterocycles. The molecule has 0 spiro atoms. The molecule has 1 fully saturated rings. The fourth-order valence-corrected chi connectivity index (χ4v) is 3.71. The summed E-state index contributed by atoms with van der Waals surface area (Å²) in [5.74, 6) is 0.0267. The standard InChI is InChI=1S/C18H22ClN3OS/c1-21-7-9-22(10-8-21)17-4-3-15(19)12-16(17)20-18(23)5-2-14-6-11-24-13-14/h3-4,6,11-13H,2,5,7-10H2,1H3,(H,20,23). The summed E-state index contributed by atoms with van der Waals surface area (Å²) in [7, 11) is 2.13. The highest BCUT2D eigenvalue weighted by atomic mass is 35.5. The lowest BCUT2D eigenvalue weighted by molar-refractivity contribution is -0.116. The summed E-state index contributed by atoms with van der Waals surface area (Å²) in [5, 5.41) is 7.81. The van der Waals surface area contributed by atoms with Gasteiger partial charge in [0.2, 0.25) is 5.91 Å². The summed E-state index contributed by atoms with van der Waals surface area (Å²) in [5.41, 5.74) is 3.07. The third-order valence-corrected chi connectivity index (χ3v) is 5.26. The molecule has 1 saturated heterocycles. The minimum absolute atomic E-state index is 0.0267. The van der Waals surface area contributed by atoms with Crippen molar-refractivity contribution in [3.8, 4) is 0 Å². The van der Waals surface area contributed by atoms with Crippen LogP contribution in [0.15, 0.2) is 35.0 Å². The fourth-order valence-electron chi connectivity index (χ4n) is 2.84. The van der Waals surface area contributed by atoms with E-state index in [4.69, 9.17) is 11.6 Å². The normalized spacial score (nSPS) is 15.5. The number of carbonyl (C=O) groups is 1. The second-order valence-corrected chi connectivity index (χ2v) is 7.35. The van der Waals surface area contributed by atoms with Crippen molar-refractivity contribution in [1.82, 2.24) is 4.90 Å².